The maximum atomic E-state index is 14.1. The van der Waals surface area contributed by atoms with Gasteiger partial charge in [0.25, 0.3) is 0 Å². The first-order valence-electron chi connectivity index (χ1n) is 28.2. The van der Waals surface area contributed by atoms with Gasteiger partial charge in [0.05, 0.1) is 36.9 Å². The normalized spacial score (nSPS) is 24.3. The van der Waals surface area contributed by atoms with Gasteiger partial charge in [-0.1, -0.05) is 36.8 Å². The second kappa shape index (κ2) is 33.8. The number of hydrogen-bond acceptors (Lipinski definition) is 15. The van der Waals surface area contributed by atoms with Crippen LogP contribution in [0.15, 0.2) is 35.3 Å². The third-order valence-corrected chi connectivity index (χ3v) is 16.2. The van der Waals surface area contributed by atoms with E-state index in [4.69, 9.17) is 21.9 Å². The maximum absolute atomic E-state index is 14.1. The van der Waals surface area contributed by atoms with Crippen molar-refractivity contribution in [3.8, 4) is 0 Å². The molecule has 3 heterocycles. The van der Waals surface area contributed by atoms with Crippen LogP contribution >= 0.6 is 11.8 Å². The molecule has 448 valence electrons. The molecule has 1 aromatic rings. The Labute approximate surface area is 476 Å². The molecule has 1 saturated carbocycles. The molecule has 4 fully saturated rings. The quantitative estimate of drug-likeness (QED) is 0.0195. The van der Waals surface area contributed by atoms with E-state index in [0.717, 1.165) is 50.4 Å². The van der Waals surface area contributed by atoms with E-state index in [1.165, 1.54) is 4.90 Å². The van der Waals surface area contributed by atoms with Crippen molar-refractivity contribution in [1.82, 2.24) is 47.0 Å². The number of unbranched alkanes of at least 4 members (excludes halogenated alkanes) is 3. The van der Waals surface area contributed by atoms with Gasteiger partial charge in [-0.05, 0) is 95.0 Å². The van der Waals surface area contributed by atoms with Crippen molar-refractivity contribution in [2.75, 3.05) is 58.7 Å². The number of nitrogens with zero attached hydrogens (tertiary/aromatic N) is 3. The van der Waals surface area contributed by atoms with Gasteiger partial charge in [0.15, 0.2) is 5.96 Å². The molecule has 81 heavy (non-hydrogen) atoms. The number of amides is 10. The molecular formula is C54H83N13O13S. The minimum Gasteiger partial charge on any atom is -0.481 e. The van der Waals surface area contributed by atoms with Crippen LogP contribution < -0.4 is 54.4 Å². The van der Waals surface area contributed by atoms with Crippen LogP contribution in [-0.2, 0) is 63.9 Å². The number of carboxylic acids is 1. The highest BCUT2D eigenvalue weighted by Gasteiger charge is 2.41. The molecule has 1 aromatic carbocycles. The van der Waals surface area contributed by atoms with Gasteiger partial charge in [-0.15, -0.1) is 11.8 Å². The molecule has 1 unspecified atom stereocenters. The summed E-state index contributed by atoms with van der Waals surface area (Å²) >= 11 is 1.13. The Bertz CT molecular complexity index is 2370. The van der Waals surface area contributed by atoms with E-state index in [-0.39, 0.29) is 111 Å². The number of imide groups is 1. The highest BCUT2D eigenvalue weighted by molar-refractivity contribution is 8.00. The molecule has 7 atom stereocenters. The lowest BCUT2D eigenvalue weighted by Gasteiger charge is -2.30. The summed E-state index contributed by atoms with van der Waals surface area (Å²) in [6, 6.07) is 2.15. The van der Waals surface area contributed by atoms with Crippen LogP contribution in [0.1, 0.15) is 115 Å². The second-order valence-electron chi connectivity index (χ2n) is 21.2. The van der Waals surface area contributed by atoms with E-state index in [1.54, 1.807) is 37.4 Å². The smallest absolute Gasteiger partial charge is 0.305 e. The third kappa shape index (κ3) is 21.8. The fraction of sp³-hybridized carbons (Fsp3) is 0.667. The Morgan fingerprint density at radius 2 is 1.44 bits per heavy atom. The summed E-state index contributed by atoms with van der Waals surface area (Å²) < 4.78 is 5.26. The molecule has 3 aliphatic heterocycles. The number of ether oxygens (including phenoxy) is 1. The molecule has 26 nitrogen and oxygen atoms in total. The summed E-state index contributed by atoms with van der Waals surface area (Å²) in [5.74, 6) is -6.90. The number of carboxylic acid groups (broad SMARTS) is 1. The van der Waals surface area contributed by atoms with Gasteiger partial charge in [0.2, 0.25) is 59.1 Å². The standard InChI is InChI=1S/C54H83N13O13S/c1-80-31-36-14-11-25-66(36)44(69)17-6-3-8-22-58-47(73)35-20-18-34(19-21-35)30-67-45(70)28-42(53(67)79)81-32-37(55)48(74)59-23-9-7-15-39-50(76)63-38(16-10-24-60-54(56)57)49(75)61-29-43(68)62-41(27-46(71)72)52(78)65-40(51(77)64-39)26-33-12-4-2-5-13-33/h2,4-5,12-13,34-42H,3,6-11,14-32,55H2,1H3,(H,58,73)(H,59,74)(H,61,75)(H,62,68)(H,63,76)(H,64,77)(H,65,78)(H,71,72)(H4,56,57,60)/t34?,35?,36-,37-,38+,39+,40-,41+,42?/m0/s1. The number of hydrogen-bond donors (Lipinski definition) is 11. The van der Waals surface area contributed by atoms with Crippen LogP contribution in [-0.4, -0.2) is 186 Å². The SMILES string of the molecule is COC[C@@H]1CCCN1C(=O)CCCCCNC(=O)C1CCC(CN2C(=O)CC(SC[C@H](N)C(=O)NCCCC[C@H]3NC(=O)[C@H](Cc4ccccc4)NC(=O)[C@@H](CC(=O)O)NC(=O)CNC(=O)[C@@H](CCCN=C(N)N)NC3=O)C2=O)CC1. The van der Waals surface area contributed by atoms with Gasteiger partial charge in [0, 0.05) is 70.8 Å². The highest BCUT2D eigenvalue weighted by Crippen LogP contribution is 2.33. The van der Waals surface area contributed by atoms with E-state index in [1.807, 2.05) is 4.90 Å². The molecule has 1 aliphatic carbocycles. The number of rotatable bonds is 28. The third-order valence-electron chi connectivity index (χ3n) is 14.9. The molecule has 3 saturated heterocycles. The monoisotopic (exact) mass is 1150 g/mol. The Hall–Kier alpha value is -6.87. The first-order chi connectivity index (χ1) is 38.8. The Morgan fingerprint density at radius 3 is 2.15 bits per heavy atom. The van der Waals surface area contributed by atoms with Gasteiger partial charge < -0.3 is 69.2 Å². The van der Waals surface area contributed by atoms with Crippen molar-refractivity contribution in [2.45, 2.75) is 157 Å². The summed E-state index contributed by atoms with van der Waals surface area (Å²) in [6.45, 7) is 1.66. The number of methoxy groups -OCH3 is 1. The molecule has 4 aliphatic rings. The van der Waals surface area contributed by atoms with Gasteiger partial charge in [-0.3, -0.25) is 62.6 Å². The Balaban J connectivity index is 1.07. The lowest BCUT2D eigenvalue weighted by Crippen LogP contribution is -2.58. The topological polar surface area (TPSA) is 398 Å². The molecule has 14 N–H and O–H groups in total. The molecule has 0 aromatic heterocycles. The van der Waals surface area contributed by atoms with E-state index >= 15 is 0 Å². The number of thioether (sulfide) groups is 1. The highest BCUT2D eigenvalue weighted by atomic mass is 32.2. The summed E-state index contributed by atoms with van der Waals surface area (Å²) in [4.78, 5) is 152. The number of nitrogens with one attached hydrogen (secondary N) is 7. The van der Waals surface area contributed by atoms with Crippen LogP contribution in [0, 0.1) is 11.8 Å². The summed E-state index contributed by atoms with van der Waals surface area (Å²) in [5, 5.41) is 27.2. The van der Waals surface area contributed by atoms with Gasteiger partial charge in [-0.25, -0.2) is 0 Å². The van der Waals surface area contributed by atoms with Crippen LogP contribution in [0.3, 0.4) is 0 Å². The predicted molar refractivity (Wildman–Crippen MR) is 299 cm³/mol. The minimum atomic E-state index is -1.64. The number of nitrogens with two attached hydrogens (primary N) is 3. The molecule has 5 rings (SSSR count). The fourth-order valence-corrected chi connectivity index (χ4v) is 11.5. The second-order valence-corrected chi connectivity index (χ2v) is 22.4. The zero-order valence-corrected chi connectivity index (χ0v) is 47.1. The Kier molecular flexibility index (Phi) is 27.1. The van der Waals surface area contributed by atoms with Crippen molar-refractivity contribution in [1.29, 1.82) is 0 Å². The van der Waals surface area contributed by atoms with Crippen molar-refractivity contribution in [3.63, 3.8) is 0 Å². The molecule has 0 spiro atoms. The number of likely N-dealkylation sites (tertiary alicyclic amines) is 2. The molecule has 10 amide bonds. The number of carbonyl (C=O) groups excluding carboxylic acids is 10. The molecular weight excluding hydrogens is 1070 g/mol. The van der Waals surface area contributed by atoms with E-state index < -0.39 is 89.8 Å². The average Bonchev–Trinajstić information content (AvgIpc) is 4.21. The van der Waals surface area contributed by atoms with Crippen LogP contribution in [0.4, 0.5) is 0 Å². The van der Waals surface area contributed by atoms with Crippen molar-refractivity contribution < 1.29 is 62.6 Å². The zero-order valence-electron chi connectivity index (χ0n) is 46.3. The van der Waals surface area contributed by atoms with Crippen LogP contribution in [0.2, 0.25) is 0 Å². The van der Waals surface area contributed by atoms with Crippen molar-refractivity contribution >= 4 is 82.8 Å². The van der Waals surface area contributed by atoms with Gasteiger partial charge >= 0.3 is 5.97 Å². The first-order valence-corrected chi connectivity index (χ1v) is 29.2. The number of aliphatic imine (C=N–C) groups is 1. The summed E-state index contributed by atoms with van der Waals surface area (Å²) in [5.41, 5.74) is 17.8. The van der Waals surface area contributed by atoms with Crippen molar-refractivity contribution in [3.05, 3.63) is 35.9 Å². The average molecular weight is 1150 g/mol. The number of aliphatic carboxylic acids is 1. The Morgan fingerprint density at radius 1 is 0.790 bits per heavy atom. The van der Waals surface area contributed by atoms with E-state index in [2.05, 4.69) is 42.2 Å². The number of benzene rings is 1. The van der Waals surface area contributed by atoms with Crippen LogP contribution in [0.5, 0.6) is 0 Å². The summed E-state index contributed by atoms with van der Waals surface area (Å²) in [7, 11) is 1.65. The molecule has 0 bridgehead atoms. The van der Waals surface area contributed by atoms with E-state index in [9.17, 15) is 57.8 Å². The molecule has 27 heteroatoms. The first kappa shape index (κ1) is 64.9. The number of carbonyl (C=O) groups is 11. The largest absolute Gasteiger partial charge is 0.481 e. The van der Waals surface area contributed by atoms with Gasteiger partial charge in [0.1, 0.15) is 24.2 Å². The molecule has 0 radical (unpaired) electrons. The van der Waals surface area contributed by atoms with Crippen LogP contribution in [0.25, 0.3) is 0 Å². The maximum Gasteiger partial charge on any atom is 0.305 e. The summed E-state index contributed by atoms with van der Waals surface area (Å²) in [6.07, 6.45) is 7.30. The lowest BCUT2D eigenvalue weighted by atomic mass is 9.81. The van der Waals surface area contributed by atoms with E-state index in [0.29, 0.717) is 57.2 Å². The van der Waals surface area contributed by atoms with Crippen molar-refractivity contribution in [2.24, 2.45) is 34.0 Å². The zero-order chi connectivity index (χ0) is 58.8. The minimum absolute atomic E-state index is 0.00234. The number of guanidine groups is 1. The predicted octanol–water partition coefficient (Wildman–Crippen LogP) is -1.58. The fourth-order valence-electron chi connectivity index (χ4n) is 10.4. The lowest BCUT2D eigenvalue weighted by molar-refractivity contribution is -0.141. The van der Waals surface area contributed by atoms with Gasteiger partial charge in [-0.2, -0.15) is 0 Å².